The molecule has 0 saturated carbocycles. The Morgan fingerprint density at radius 1 is 1.18 bits per heavy atom. The van der Waals surface area contributed by atoms with Crippen LogP contribution in [0.4, 0.5) is 5.82 Å². The minimum absolute atomic E-state index is 0.631. The van der Waals surface area contributed by atoms with E-state index in [-0.39, 0.29) is 0 Å². The van der Waals surface area contributed by atoms with Crippen LogP contribution in [0.15, 0.2) is 18.5 Å². The molecule has 0 saturated heterocycles. The fourth-order valence-corrected chi connectivity index (χ4v) is 1.75. The number of ether oxygens (including phenoxy) is 2. The van der Waals surface area contributed by atoms with Gasteiger partial charge in [-0.25, -0.2) is 9.97 Å². The molecule has 0 amide bonds. The van der Waals surface area contributed by atoms with E-state index in [2.05, 4.69) is 15.3 Å². The van der Waals surface area contributed by atoms with Crippen molar-refractivity contribution in [2.45, 2.75) is 6.92 Å². The summed E-state index contributed by atoms with van der Waals surface area (Å²) >= 11 is 0. The summed E-state index contributed by atoms with van der Waals surface area (Å²) in [6, 6.07) is 3.78. The maximum Gasteiger partial charge on any atom is 0.187 e. The number of aromatic nitrogens is 2. The molecule has 0 bridgehead atoms. The molecule has 1 heterocycles. The van der Waals surface area contributed by atoms with Crippen LogP contribution in [0.2, 0.25) is 0 Å². The van der Waals surface area contributed by atoms with Gasteiger partial charge in [-0.3, -0.25) is 0 Å². The molecule has 1 N–H and O–H groups in total. The first-order valence-electron chi connectivity index (χ1n) is 5.41. The first-order valence-corrected chi connectivity index (χ1v) is 5.41. The normalized spacial score (nSPS) is 10.3. The molecule has 17 heavy (non-hydrogen) atoms. The number of benzene rings is 1. The van der Waals surface area contributed by atoms with Gasteiger partial charge in [0.05, 0.1) is 14.2 Å². The standard InChI is InChI=1S/C12H15N3O2/c1-4-13-12-8-5-6-9(16-2)11(17-3)10(8)14-7-15-12/h5-7H,4H2,1-3H3,(H,13,14,15). The maximum absolute atomic E-state index is 5.34. The molecule has 0 aliphatic rings. The van der Waals surface area contributed by atoms with Gasteiger partial charge >= 0.3 is 0 Å². The number of nitrogens with one attached hydrogen (secondary N) is 1. The number of rotatable bonds is 4. The van der Waals surface area contributed by atoms with E-state index in [0.717, 1.165) is 23.3 Å². The van der Waals surface area contributed by atoms with Crippen LogP contribution in [0.25, 0.3) is 10.9 Å². The van der Waals surface area contributed by atoms with E-state index in [1.54, 1.807) is 14.2 Å². The molecule has 1 aromatic heterocycles. The second kappa shape index (κ2) is 4.86. The van der Waals surface area contributed by atoms with Crippen molar-refractivity contribution in [3.05, 3.63) is 18.5 Å². The predicted molar refractivity (Wildman–Crippen MR) is 66.8 cm³/mol. The van der Waals surface area contributed by atoms with Gasteiger partial charge in [0.2, 0.25) is 0 Å². The highest BCUT2D eigenvalue weighted by atomic mass is 16.5. The lowest BCUT2D eigenvalue weighted by Crippen LogP contribution is -2.01. The summed E-state index contributed by atoms with van der Waals surface area (Å²) in [4.78, 5) is 8.46. The number of anilines is 1. The second-order valence-electron chi connectivity index (χ2n) is 3.45. The predicted octanol–water partition coefficient (Wildman–Crippen LogP) is 2.08. The van der Waals surface area contributed by atoms with Gasteiger partial charge in [0.15, 0.2) is 11.5 Å². The van der Waals surface area contributed by atoms with Crippen molar-refractivity contribution in [1.82, 2.24) is 9.97 Å². The summed E-state index contributed by atoms with van der Waals surface area (Å²) in [6.07, 6.45) is 1.52. The number of hydrogen-bond donors (Lipinski definition) is 1. The van der Waals surface area contributed by atoms with Gasteiger partial charge < -0.3 is 14.8 Å². The van der Waals surface area contributed by atoms with Crippen LogP contribution < -0.4 is 14.8 Å². The van der Waals surface area contributed by atoms with Gasteiger partial charge in [-0.1, -0.05) is 0 Å². The Hall–Kier alpha value is -2.04. The Kier molecular flexibility index (Phi) is 3.27. The topological polar surface area (TPSA) is 56.3 Å². The third kappa shape index (κ3) is 1.95. The average molecular weight is 233 g/mol. The third-order valence-electron chi connectivity index (χ3n) is 2.49. The van der Waals surface area contributed by atoms with Gasteiger partial charge in [0.1, 0.15) is 17.7 Å². The van der Waals surface area contributed by atoms with Crippen molar-refractivity contribution < 1.29 is 9.47 Å². The first-order chi connectivity index (χ1) is 8.31. The molecule has 5 nitrogen and oxygen atoms in total. The van der Waals surface area contributed by atoms with E-state index in [9.17, 15) is 0 Å². The molecule has 0 aliphatic carbocycles. The molecule has 0 fully saturated rings. The quantitative estimate of drug-likeness (QED) is 0.876. The number of nitrogens with zero attached hydrogens (tertiary/aromatic N) is 2. The van der Waals surface area contributed by atoms with Crippen LogP contribution in [0.1, 0.15) is 6.92 Å². The highest BCUT2D eigenvalue weighted by Gasteiger charge is 2.12. The van der Waals surface area contributed by atoms with Crippen LogP contribution >= 0.6 is 0 Å². The Bertz CT molecular complexity index is 528. The van der Waals surface area contributed by atoms with Crippen LogP contribution in [0, 0.1) is 0 Å². The summed E-state index contributed by atoms with van der Waals surface area (Å²) < 4.78 is 10.6. The smallest absolute Gasteiger partial charge is 0.187 e. The van der Waals surface area contributed by atoms with Crippen molar-refractivity contribution in [3.63, 3.8) is 0 Å². The van der Waals surface area contributed by atoms with E-state index in [0.29, 0.717) is 11.5 Å². The summed E-state index contributed by atoms with van der Waals surface area (Å²) in [5.41, 5.74) is 0.748. The van der Waals surface area contributed by atoms with Gasteiger partial charge in [0, 0.05) is 11.9 Å². The lowest BCUT2D eigenvalue weighted by atomic mass is 10.2. The Balaban J connectivity index is 2.69. The first kappa shape index (κ1) is 11.4. The molecule has 0 spiro atoms. The molecule has 0 unspecified atom stereocenters. The highest BCUT2D eigenvalue weighted by Crippen LogP contribution is 2.35. The van der Waals surface area contributed by atoms with Crippen molar-refractivity contribution in [2.75, 3.05) is 26.1 Å². The highest BCUT2D eigenvalue weighted by molar-refractivity contribution is 5.94. The van der Waals surface area contributed by atoms with Crippen LogP contribution in [0.5, 0.6) is 11.5 Å². The molecule has 0 aliphatic heterocycles. The molecule has 5 heteroatoms. The zero-order valence-corrected chi connectivity index (χ0v) is 10.2. The zero-order valence-electron chi connectivity index (χ0n) is 10.2. The minimum Gasteiger partial charge on any atom is -0.493 e. The SMILES string of the molecule is CCNc1ncnc2c(OC)c(OC)ccc12. The summed E-state index contributed by atoms with van der Waals surface area (Å²) in [6.45, 7) is 2.83. The van der Waals surface area contributed by atoms with E-state index >= 15 is 0 Å². The van der Waals surface area contributed by atoms with Crippen LogP contribution in [-0.2, 0) is 0 Å². The molecule has 1 aromatic carbocycles. The Morgan fingerprint density at radius 2 is 2.00 bits per heavy atom. The van der Waals surface area contributed by atoms with E-state index in [4.69, 9.17) is 9.47 Å². The van der Waals surface area contributed by atoms with E-state index in [1.165, 1.54) is 6.33 Å². The van der Waals surface area contributed by atoms with Crippen molar-refractivity contribution in [2.24, 2.45) is 0 Å². The summed E-state index contributed by atoms with van der Waals surface area (Å²) in [7, 11) is 3.21. The van der Waals surface area contributed by atoms with Crippen molar-refractivity contribution in [1.29, 1.82) is 0 Å². The van der Waals surface area contributed by atoms with Gasteiger partial charge in [-0.15, -0.1) is 0 Å². The van der Waals surface area contributed by atoms with Crippen LogP contribution in [-0.4, -0.2) is 30.7 Å². The third-order valence-corrected chi connectivity index (χ3v) is 2.49. The molecular formula is C12H15N3O2. The Labute approximate surface area is 99.8 Å². The lowest BCUT2D eigenvalue weighted by molar-refractivity contribution is 0.358. The molecule has 0 radical (unpaired) electrons. The average Bonchev–Trinajstić information content (AvgIpc) is 2.38. The number of fused-ring (bicyclic) bond motifs is 1. The second-order valence-corrected chi connectivity index (χ2v) is 3.45. The van der Waals surface area contributed by atoms with E-state index < -0.39 is 0 Å². The summed E-state index contributed by atoms with van der Waals surface area (Å²) in [5, 5.41) is 4.11. The van der Waals surface area contributed by atoms with E-state index in [1.807, 2.05) is 19.1 Å². The van der Waals surface area contributed by atoms with Crippen molar-refractivity contribution >= 4 is 16.7 Å². The lowest BCUT2D eigenvalue weighted by Gasteiger charge is -2.11. The molecular weight excluding hydrogens is 218 g/mol. The molecule has 2 aromatic rings. The minimum atomic E-state index is 0.631. The zero-order chi connectivity index (χ0) is 12.3. The fraction of sp³-hybridized carbons (Fsp3) is 0.333. The monoisotopic (exact) mass is 233 g/mol. The fourth-order valence-electron chi connectivity index (χ4n) is 1.75. The summed E-state index contributed by atoms with van der Waals surface area (Å²) in [5.74, 6) is 2.10. The number of hydrogen-bond acceptors (Lipinski definition) is 5. The van der Waals surface area contributed by atoms with Gasteiger partial charge in [0.25, 0.3) is 0 Å². The number of methoxy groups -OCH3 is 2. The molecule has 0 atom stereocenters. The van der Waals surface area contributed by atoms with Gasteiger partial charge in [-0.05, 0) is 19.1 Å². The van der Waals surface area contributed by atoms with Crippen molar-refractivity contribution in [3.8, 4) is 11.5 Å². The molecule has 2 rings (SSSR count). The van der Waals surface area contributed by atoms with Gasteiger partial charge in [-0.2, -0.15) is 0 Å². The maximum atomic E-state index is 5.34. The molecule has 90 valence electrons. The van der Waals surface area contributed by atoms with Crippen LogP contribution in [0.3, 0.4) is 0 Å². The Morgan fingerprint density at radius 3 is 2.65 bits per heavy atom. The largest absolute Gasteiger partial charge is 0.493 e.